The summed E-state index contributed by atoms with van der Waals surface area (Å²) in [6.07, 6.45) is -0.137. The zero-order chi connectivity index (χ0) is 18.1. The summed E-state index contributed by atoms with van der Waals surface area (Å²) in [5.41, 5.74) is 6.77. The Morgan fingerprint density at radius 3 is 2.48 bits per heavy atom. The van der Waals surface area contributed by atoms with Gasteiger partial charge in [-0.1, -0.05) is 30.3 Å². The molecule has 0 aliphatic carbocycles. The molecule has 0 saturated carbocycles. The molecule has 1 fully saturated rings. The summed E-state index contributed by atoms with van der Waals surface area (Å²) < 4.78 is 5.07. The minimum Gasteiger partial charge on any atom is -0.380 e. The maximum atomic E-state index is 12.2. The fraction of sp³-hybridized carbons (Fsp3) is 0.556. The van der Waals surface area contributed by atoms with E-state index < -0.39 is 0 Å². The third-order valence-corrected chi connectivity index (χ3v) is 4.42. The highest BCUT2D eigenvalue weighted by Crippen LogP contribution is 2.08. The molecule has 1 saturated heterocycles. The van der Waals surface area contributed by atoms with E-state index in [1.807, 2.05) is 18.2 Å². The van der Waals surface area contributed by atoms with Gasteiger partial charge in [0.2, 0.25) is 11.8 Å². The lowest BCUT2D eigenvalue weighted by Crippen LogP contribution is -2.51. The average Bonchev–Trinajstić information content (AvgIpc) is 2.65. The zero-order valence-corrected chi connectivity index (χ0v) is 14.8. The Bertz CT molecular complexity index is 541. The van der Waals surface area contributed by atoms with Crippen molar-refractivity contribution in [2.45, 2.75) is 19.1 Å². The lowest BCUT2D eigenvalue weighted by atomic mass is 10.2. The van der Waals surface area contributed by atoms with Crippen LogP contribution >= 0.6 is 0 Å². The number of carbonyl (C=O) groups excluding carboxylic acids is 2. The Morgan fingerprint density at radius 2 is 1.88 bits per heavy atom. The van der Waals surface area contributed by atoms with Crippen molar-refractivity contribution in [3.8, 4) is 0 Å². The van der Waals surface area contributed by atoms with E-state index in [1.165, 1.54) is 12.7 Å². The van der Waals surface area contributed by atoms with Gasteiger partial charge in [-0.3, -0.25) is 14.5 Å². The summed E-state index contributed by atoms with van der Waals surface area (Å²) >= 11 is 0. The second-order valence-electron chi connectivity index (χ2n) is 6.22. The van der Waals surface area contributed by atoms with Gasteiger partial charge >= 0.3 is 0 Å². The topological polar surface area (TPSA) is 87.9 Å². The molecule has 2 rings (SSSR count). The molecule has 7 nitrogen and oxygen atoms in total. The number of methoxy groups -OCH3 is 1. The summed E-state index contributed by atoms with van der Waals surface area (Å²) in [7, 11) is 1.52. The van der Waals surface area contributed by atoms with Gasteiger partial charge in [0.05, 0.1) is 19.1 Å². The third-order valence-electron chi connectivity index (χ3n) is 4.42. The SMILES string of the molecule is COC(CN)CC(=O)NCC(=O)N1CCN(Cc2ccccc2)CC1. The molecule has 0 aromatic heterocycles. The number of hydrogen-bond donors (Lipinski definition) is 2. The predicted molar refractivity (Wildman–Crippen MR) is 95.8 cm³/mol. The minimum absolute atomic E-state index is 0.0263. The number of benzene rings is 1. The van der Waals surface area contributed by atoms with Gasteiger partial charge in [-0.2, -0.15) is 0 Å². The van der Waals surface area contributed by atoms with Crippen LogP contribution in [0.5, 0.6) is 0 Å². The zero-order valence-electron chi connectivity index (χ0n) is 14.8. The second-order valence-corrected chi connectivity index (χ2v) is 6.22. The summed E-state index contributed by atoms with van der Waals surface area (Å²) in [5, 5.41) is 2.65. The Balaban J connectivity index is 1.68. The molecular weight excluding hydrogens is 320 g/mol. The first-order chi connectivity index (χ1) is 12.1. The van der Waals surface area contributed by atoms with E-state index in [9.17, 15) is 9.59 Å². The van der Waals surface area contributed by atoms with Crippen LogP contribution < -0.4 is 11.1 Å². The Labute approximate surface area is 149 Å². The van der Waals surface area contributed by atoms with Gasteiger partial charge in [-0.15, -0.1) is 0 Å². The molecule has 0 spiro atoms. The average molecular weight is 348 g/mol. The monoisotopic (exact) mass is 348 g/mol. The predicted octanol–water partition coefficient (Wildman–Crippen LogP) is -0.189. The highest BCUT2D eigenvalue weighted by atomic mass is 16.5. The van der Waals surface area contributed by atoms with Gasteiger partial charge in [0, 0.05) is 46.4 Å². The van der Waals surface area contributed by atoms with Gasteiger partial charge in [-0.05, 0) is 5.56 Å². The molecule has 0 bridgehead atoms. The van der Waals surface area contributed by atoms with Crippen LogP contribution in [0.4, 0.5) is 0 Å². The minimum atomic E-state index is -0.309. The summed E-state index contributed by atoms with van der Waals surface area (Å²) in [4.78, 5) is 28.2. The normalized spacial score (nSPS) is 16.5. The largest absolute Gasteiger partial charge is 0.380 e. The molecule has 1 aromatic rings. The summed E-state index contributed by atoms with van der Waals surface area (Å²) in [6.45, 7) is 4.26. The van der Waals surface area contributed by atoms with Gasteiger partial charge < -0.3 is 20.7 Å². The maximum absolute atomic E-state index is 12.2. The Morgan fingerprint density at radius 1 is 1.20 bits per heavy atom. The first-order valence-electron chi connectivity index (χ1n) is 8.66. The fourth-order valence-electron chi connectivity index (χ4n) is 2.82. The van der Waals surface area contributed by atoms with Crippen LogP contribution in [0.15, 0.2) is 30.3 Å². The number of piperazine rings is 1. The van der Waals surface area contributed by atoms with Crippen molar-refractivity contribution in [2.75, 3.05) is 46.4 Å². The molecule has 1 heterocycles. The number of amides is 2. The highest BCUT2D eigenvalue weighted by Gasteiger charge is 2.21. The number of ether oxygens (including phenoxy) is 1. The number of nitrogens with one attached hydrogen (secondary N) is 1. The quantitative estimate of drug-likeness (QED) is 0.680. The van der Waals surface area contributed by atoms with E-state index in [4.69, 9.17) is 10.5 Å². The van der Waals surface area contributed by atoms with Crippen LogP contribution in [0, 0.1) is 0 Å². The van der Waals surface area contributed by atoms with Crippen LogP contribution in [0.25, 0.3) is 0 Å². The van der Waals surface area contributed by atoms with Gasteiger partial charge in [0.15, 0.2) is 0 Å². The molecule has 1 aliphatic heterocycles. The lowest BCUT2D eigenvalue weighted by Gasteiger charge is -2.34. The number of carbonyl (C=O) groups is 2. The molecule has 138 valence electrons. The molecule has 25 heavy (non-hydrogen) atoms. The van der Waals surface area contributed by atoms with Crippen molar-refractivity contribution in [3.63, 3.8) is 0 Å². The van der Waals surface area contributed by atoms with E-state index in [-0.39, 0.29) is 37.4 Å². The third kappa shape index (κ3) is 6.45. The van der Waals surface area contributed by atoms with Gasteiger partial charge in [0.1, 0.15) is 0 Å². The molecular formula is C18H28N4O3. The fourth-order valence-corrected chi connectivity index (χ4v) is 2.82. The first kappa shape index (κ1) is 19.4. The van der Waals surface area contributed by atoms with Crippen molar-refractivity contribution >= 4 is 11.8 Å². The van der Waals surface area contributed by atoms with Crippen molar-refractivity contribution in [3.05, 3.63) is 35.9 Å². The van der Waals surface area contributed by atoms with Crippen LogP contribution in [0.2, 0.25) is 0 Å². The van der Waals surface area contributed by atoms with Crippen LogP contribution in [0.3, 0.4) is 0 Å². The van der Waals surface area contributed by atoms with Crippen LogP contribution in [-0.2, 0) is 20.9 Å². The van der Waals surface area contributed by atoms with E-state index >= 15 is 0 Å². The highest BCUT2D eigenvalue weighted by molar-refractivity contribution is 5.85. The number of hydrogen-bond acceptors (Lipinski definition) is 5. The van der Waals surface area contributed by atoms with Crippen molar-refractivity contribution in [1.29, 1.82) is 0 Å². The summed E-state index contributed by atoms with van der Waals surface area (Å²) in [5.74, 6) is -0.261. The van der Waals surface area contributed by atoms with E-state index in [0.29, 0.717) is 13.1 Å². The smallest absolute Gasteiger partial charge is 0.242 e. The van der Waals surface area contributed by atoms with Crippen molar-refractivity contribution < 1.29 is 14.3 Å². The number of nitrogens with two attached hydrogens (primary N) is 1. The van der Waals surface area contributed by atoms with E-state index in [0.717, 1.165) is 19.6 Å². The lowest BCUT2D eigenvalue weighted by molar-refractivity contribution is -0.134. The summed E-state index contributed by atoms with van der Waals surface area (Å²) in [6, 6.07) is 10.3. The number of nitrogens with zero attached hydrogens (tertiary/aromatic N) is 2. The molecule has 0 radical (unpaired) electrons. The van der Waals surface area contributed by atoms with E-state index in [1.54, 1.807) is 4.90 Å². The van der Waals surface area contributed by atoms with Gasteiger partial charge in [0.25, 0.3) is 0 Å². The maximum Gasteiger partial charge on any atom is 0.242 e. The van der Waals surface area contributed by atoms with Gasteiger partial charge in [-0.25, -0.2) is 0 Å². The van der Waals surface area contributed by atoms with E-state index in [2.05, 4.69) is 22.3 Å². The first-order valence-corrected chi connectivity index (χ1v) is 8.66. The van der Waals surface area contributed by atoms with Crippen molar-refractivity contribution in [1.82, 2.24) is 15.1 Å². The molecule has 1 aromatic carbocycles. The number of rotatable bonds is 8. The molecule has 1 aliphatic rings. The molecule has 1 unspecified atom stereocenters. The molecule has 3 N–H and O–H groups in total. The Kier molecular flexibility index (Phi) is 7.84. The van der Waals surface area contributed by atoms with Crippen LogP contribution in [0.1, 0.15) is 12.0 Å². The standard InChI is InChI=1S/C18H28N4O3/c1-25-16(12-19)11-17(23)20-13-18(24)22-9-7-21(8-10-22)14-15-5-3-2-4-6-15/h2-6,16H,7-14,19H2,1H3,(H,20,23). The molecule has 1 atom stereocenters. The van der Waals surface area contributed by atoms with Crippen molar-refractivity contribution in [2.24, 2.45) is 5.73 Å². The second kappa shape index (κ2) is 10.1. The van der Waals surface area contributed by atoms with Crippen LogP contribution in [-0.4, -0.2) is 74.1 Å². The molecule has 2 amide bonds. The Hall–Kier alpha value is -1.96. The molecule has 7 heteroatoms.